The van der Waals surface area contributed by atoms with Gasteiger partial charge in [-0.3, -0.25) is 9.11 Å². The van der Waals surface area contributed by atoms with Gasteiger partial charge in [-0.25, -0.2) is 8.37 Å². The van der Waals surface area contributed by atoms with Crippen molar-refractivity contribution >= 4 is 20.8 Å². The molecule has 0 aromatic heterocycles. The van der Waals surface area contributed by atoms with Crippen molar-refractivity contribution in [2.45, 2.75) is 306 Å². The van der Waals surface area contributed by atoms with Gasteiger partial charge in [0.1, 0.15) is 53.9 Å². The molecule has 0 radical (unpaired) electrons. The minimum atomic E-state index is -4.97. The predicted octanol–water partition coefficient (Wildman–Crippen LogP) is 3.52. The third-order valence-corrected chi connectivity index (χ3v) is 22.3. The first-order valence-electron chi connectivity index (χ1n) is 31.1. The maximum atomic E-state index is 12.0. The van der Waals surface area contributed by atoms with E-state index in [0.29, 0.717) is 76.2 Å². The molecule has 0 bridgehead atoms. The lowest BCUT2D eigenvalue weighted by Crippen LogP contribution is -2.75. The lowest BCUT2D eigenvalue weighted by molar-refractivity contribution is -0.387. The fourth-order valence-electron chi connectivity index (χ4n) is 16.6. The molecule has 12 fully saturated rings. The highest BCUT2D eigenvalue weighted by Crippen LogP contribution is 2.55. The Morgan fingerprint density at radius 1 is 0.690 bits per heavy atom. The average Bonchev–Trinajstić information content (AvgIpc) is 1.47. The summed E-state index contributed by atoms with van der Waals surface area (Å²) in [6, 6.07) is 0. The number of fused-ring (bicyclic) bond motifs is 10. The minimum absolute atomic E-state index is 0.0176. The molecular formula is C60H90O25S2. The fraction of sp³-hybridized carbons (Fsp3) is 0.867. The van der Waals surface area contributed by atoms with Crippen LogP contribution in [0.2, 0.25) is 0 Å². The number of aliphatic hydroxyl groups excluding tert-OH is 3. The van der Waals surface area contributed by atoms with Crippen LogP contribution in [0.3, 0.4) is 0 Å². The molecule has 1 unspecified atom stereocenters. The number of allylic oxidation sites excluding steroid dienone is 3. The molecule has 12 rings (SSSR count). The normalized spacial score (nSPS) is 51.3. The second kappa shape index (κ2) is 24.1. The molecular weight excluding hydrogens is 1180 g/mol. The van der Waals surface area contributed by atoms with Crippen LogP contribution in [0.1, 0.15) is 131 Å². The standard InChI is InChI=1S/C60H90O25S2/c1-10-11-29(2)12-15-56(5,64)53-31(4)20-40-39(78-53)26-48-60(9,83-40)54(81-55-50(63)49(62)44(28-61)79-55)52-43(77-48)24-42-51(80-52)30(3)13-16-58(7)46(76-42)27-45-59(8,85-58)17-14-32-33(75-45)21-35-34(72-32)22-36-37(73-35)23-41-38(74-36)25-47(84-87(68,69)70)57(6,82-41)18-19-71-86(65,66)67/h10,12,15,30,32-55,61-64H,1-2,4,11,13-14,16-28H2,3,5-9H3,(H,65,66,67)(H,68,69,70)/b15-12+/t30-,32-,33+,34+,35-,36-,37+,38+,39+,40-,41-,42-,43+,44-,45-,46+,47-,48-,49-,50+,51+,52+,53-,54+,55?,56+,57+,58-,59+,60-/m0/s1. The Kier molecular flexibility index (Phi) is 18.0. The molecule has 30 atom stereocenters. The van der Waals surface area contributed by atoms with Crippen LogP contribution in [0.15, 0.2) is 49.1 Å². The van der Waals surface area contributed by atoms with Crippen LogP contribution in [0.25, 0.3) is 0 Å². The van der Waals surface area contributed by atoms with E-state index in [0.717, 1.165) is 12.0 Å². The van der Waals surface area contributed by atoms with E-state index < -0.39 is 184 Å². The summed E-state index contributed by atoms with van der Waals surface area (Å²) >= 11 is 0. The van der Waals surface area contributed by atoms with Gasteiger partial charge in [-0.2, -0.15) is 16.8 Å². The highest BCUT2D eigenvalue weighted by Gasteiger charge is 2.67. The third-order valence-electron chi connectivity index (χ3n) is 21.4. The van der Waals surface area contributed by atoms with E-state index in [2.05, 4.69) is 44.7 Å². The summed E-state index contributed by atoms with van der Waals surface area (Å²) in [6.07, 6.45) is -5.69. The zero-order valence-electron chi connectivity index (χ0n) is 50.4. The van der Waals surface area contributed by atoms with Gasteiger partial charge in [0.05, 0.1) is 128 Å². The quantitative estimate of drug-likeness (QED) is 0.0823. The van der Waals surface area contributed by atoms with Crippen LogP contribution in [0.4, 0.5) is 0 Å². The second-order valence-electron chi connectivity index (χ2n) is 27.8. The van der Waals surface area contributed by atoms with Gasteiger partial charge in [-0.05, 0) is 84.6 Å². The summed E-state index contributed by atoms with van der Waals surface area (Å²) in [6.45, 7) is 22.6. The van der Waals surface area contributed by atoms with Gasteiger partial charge >= 0.3 is 20.8 Å². The molecule has 0 aliphatic carbocycles. The topological polar surface area (TPSA) is 328 Å². The van der Waals surface area contributed by atoms with E-state index in [9.17, 15) is 46.4 Å². The second-order valence-corrected chi connectivity index (χ2v) is 30.0. The van der Waals surface area contributed by atoms with Crippen molar-refractivity contribution in [2.24, 2.45) is 5.92 Å². The molecule has 0 aromatic rings. The monoisotopic (exact) mass is 1270 g/mol. The largest absolute Gasteiger partial charge is 0.397 e. The Balaban J connectivity index is 0.747. The number of rotatable bonds is 14. The van der Waals surface area contributed by atoms with Crippen molar-refractivity contribution in [3.05, 3.63) is 49.1 Å². The van der Waals surface area contributed by atoms with E-state index >= 15 is 0 Å². The highest BCUT2D eigenvalue weighted by molar-refractivity contribution is 7.81. The lowest BCUT2D eigenvalue weighted by atomic mass is 9.72. The van der Waals surface area contributed by atoms with Gasteiger partial charge in [0.2, 0.25) is 0 Å². The smallest absolute Gasteiger partial charge is 0.394 e. The average molecular weight is 1280 g/mol. The first-order valence-corrected chi connectivity index (χ1v) is 33.8. The third kappa shape index (κ3) is 12.8. The van der Waals surface area contributed by atoms with E-state index in [1.807, 2.05) is 6.92 Å². The molecule has 6 N–H and O–H groups in total. The number of hydrogen-bond donors (Lipinski definition) is 6. The van der Waals surface area contributed by atoms with Crippen LogP contribution in [0, 0.1) is 5.92 Å². The summed E-state index contributed by atoms with van der Waals surface area (Å²) in [5, 5.41) is 44.2. The zero-order valence-corrected chi connectivity index (χ0v) is 52.0. The van der Waals surface area contributed by atoms with Crippen molar-refractivity contribution in [1.82, 2.24) is 0 Å². The molecule has 12 aliphatic rings. The van der Waals surface area contributed by atoms with Gasteiger partial charge in [-0.1, -0.05) is 43.9 Å². The molecule has 492 valence electrons. The molecule has 25 nitrogen and oxygen atoms in total. The van der Waals surface area contributed by atoms with Crippen molar-refractivity contribution in [2.75, 3.05) is 13.2 Å². The van der Waals surface area contributed by atoms with Gasteiger partial charge in [0, 0.05) is 51.4 Å². The van der Waals surface area contributed by atoms with E-state index in [1.54, 1.807) is 25.2 Å². The summed E-state index contributed by atoms with van der Waals surface area (Å²) in [4.78, 5) is 0. The summed E-state index contributed by atoms with van der Waals surface area (Å²) in [5.74, 6) is -0.0425. The minimum Gasteiger partial charge on any atom is -0.394 e. The van der Waals surface area contributed by atoms with Crippen LogP contribution in [-0.2, 0) is 90.7 Å². The molecule has 12 aliphatic heterocycles. The number of aliphatic hydroxyl groups is 4. The number of ether oxygens (including phenoxy) is 13. The predicted molar refractivity (Wildman–Crippen MR) is 302 cm³/mol. The van der Waals surface area contributed by atoms with Gasteiger partial charge in [-0.15, -0.1) is 6.58 Å². The molecule has 27 heteroatoms. The molecule has 0 aromatic carbocycles. The first kappa shape index (κ1) is 65.1. The molecule has 12 heterocycles. The van der Waals surface area contributed by atoms with Gasteiger partial charge in [0.25, 0.3) is 0 Å². The van der Waals surface area contributed by atoms with Crippen LogP contribution in [-0.4, -0.2) is 234 Å². The lowest BCUT2D eigenvalue weighted by Gasteiger charge is -2.61. The summed E-state index contributed by atoms with van der Waals surface area (Å²) < 4.78 is 165. The van der Waals surface area contributed by atoms with Crippen LogP contribution in [0.5, 0.6) is 0 Å². The van der Waals surface area contributed by atoms with Gasteiger partial charge in [0.15, 0.2) is 6.29 Å². The van der Waals surface area contributed by atoms with Crippen molar-refractivity contribution in [1.29, 1.82) is 0 Å². The van der Waals surface area contributed by atoms with E-state index in [-0.39, 0.29) is 43.2 Å². The van der Waals surface area contributed by atoms with E-state index in [1.165, 1.54) is 6.92 Å². The Morgan fingerprint density at radius 3 is 1.92 bits per heavy atom. The Morgan fingerprint density at radius 2 is 1.28 bits per heavy atom. The molecule has 87 heavy (non-hydrogen) atoms. The Bertz CT molecular complexity index is 2820. The highest BCUT2D eigenvalue weighted by atomic mass is 32.3. The van der Waals surface area contributed by atoms with Crippen molar-refractivity contribution in [3.63, 3.8) is 0 Å². The first-order chi connectivity index (χ1) is 40.9. The summed E-state index contributed by atoms with van der Waals surface area (Å²) in [5.41, 5.74) is -4.18. The number of hydrogen-bond acceptors (Lipinski definition) is 23. The molecule has 0 spiro atoms. The molecule has 0 amide bonds. The summed E-state index contributed by atoms with van der Waals surface area (Å²) in [7, 11) is -9.78. The van der Waals surface area contributed by atoms with Crippen molar-refractivity contribution in [3.8, 4) is 0 Å². The molecule has 12 saturated heterocycles. The SMILES string of the molecule is C=CCC(=C)/C=C/[C@@](C)(O)[C@H]1O[C@@H]2C[C@@H]3O[C@@H]4C[C@@H]5O[C@@H]6C[C@@H]7O[C@@H]8C[C@@H]9O[C@@H]%10C[C@@H]%11O[C@](C)(CCOS(=O)(=O)O)[C@@H](OS(=O)(=O)O)C[C@H]%11O[C@H]%10C[C@H]9O[C@H]8CC[C@@]7(C)O[C@@]6(C)CC[C@H](C)[C@H]5O[C@H]4[C@@H](OC4O[C@@H](CO)[C@H](O)[C@H]4O)[C@@]3(C)O[C@H]2CC1=C. The van der Waals surface area contributed by atoms with Gasteiger partial charge < -0.3 is 82.0 Å². The van der Waals surface area contributed by atoms with E-state index in [4.69, 9.17) is 65.8 Å². The van der Waals surface area contributed by atoms with Crippen LogP contribution < -0.4 is 0 Å². The zero-order chi connectivity index (χ0) is 62.1. The van der Waals surface area contributed by atoms with Crippen LogP contribution >= 0.6 is 0 Å². The maximum absolute atomic E-state index is 12.0. The van der Waals surface area contributed by atoms with Crippen molar-refractivity contribution < 1.29 is 116 Å². The Hall–Kier alpha value is -1.98. The fourth-order valence-corrected chi connectivity index (χ4v) is 17.5. The maximum Gasteiger partial charge on any atom is 0.397 e. The Labute approximate surface area is 509 Å². The molecule has 0 saturated carbocycles.